The Hall–Kier alpha value is -1.35. The highest BCUT2D eigenvalue weighted by atomic mass is 32.2. The van der Waals surface area contributed by atoms with Crippen LogP contribution in [0.1, 0.15) is 0 Å². The summed E-state index contributed by atoms with van der Waals surface area (Å²) in [4.78, 5) is 2.81. The van der Waals surface area contributed by atoms with Gasteiger partial charge in [-0.3, -0.25) is 4.98 Å². The van der Waals surface area contributed by atoms with Crippen LogP contribution in [0.15, 0.2) is 23.4 Å². The van der Waals surface area contributed by atoms with Crippen LogP contribution in [0.4, 0.5) is 18.9 Å². The molecule has 9 heteroatoms. The van der Waals surface area contributed by atoms with E-state index in [9.17, 15) is 21.6 Å². The lowest BCUT2D eigenvalue weighted by Crippen LogP contribution is -2.31. The monoisotopic (exact) mass is 255 g/mol. The molecule has 1 heterocycles. The Balaban J connectivity index is 3.16. The molecular formula is C7H8F3N3O2S. The number of rotatable bonds is 4. The Morgan fingerprint density at radius 1 is 1.50 bits per heavy atom. The molecular weight excluding hydrogens is 247 g/mol. The lowest BCUT2D eigenvalue weighted by Gasteiger charge is -2.16. The first-order valence-corrected chi connectivity index (χ1v) is 5.50. The molecule has 1 aromatic rings. The molecule has 5 nitrogen and oxygen atoms in total. The zero-order valence-electron chi connectivity index (χ0n) is 7.82. The van der Waals surface area contributed by atoms with Crippen LogP contribution in [0.25, 0.3) is 0 Å². The molecule has 3 N–H and O–H groups in total. The van der Waals surface area contributed by atoms with E-state index in [0.29, 0.717) is 0 Å². The van der Waals surface area contributed by atoms with E-state index in [2.05, 4.69) is 4.98 Å². The minimum atomic E-state index is -4.19. The second-order valence-corrected chi connectivity index (χ2v) is 4.41. The van der Waals surface area contributed by atoms with E-state index < -0.39 is 33.3 Å². The average molecular weight is 255 g/mol. The van der Waals surface area contributed by atoms with Crippen LogP contribution in [0.5, 0.6) is 0 Å². The lowest BCUT2D eigenvalue weighted by molar-refractivity contribution is 0.00659. The molecule has 0 amide bonds. The summed E-state index contributed by atoms with van der Waals surface area (Å²) in [5.74, 6) is 0. The summed E-state index contributed by atoms with van der Waals surface area (Å²) in [6, 6.07) is -2.90. The number of nitrogens with zero attached hydrogens (tertiary/aromatic N) is 1. The quantitative estimate of drug-likeness (QED) is 0.776. The Morgan fingerprint density at radius 3 is 2.62 bits per heavy atom. The predicted molar refractivity (Wildman–Crippen MR) is 50.2 cm³/mol. The Kier molecular flexibility index (Phi) is 3.38. The average Bonchev–Trinajstić information content (AvgIpc) is 2.16. The predicted octanol–water partition coefficient (Wildman–Crippen LogP) is 0.703. The summed E-state index contributed by atoms with van der Waals surface area (Å²) >= 11 is 0. The zero-order chi connectivity index (χ0) is 12.4. The van der Waals surface area contributed by atoms with Crippen molar-refractivity contribution < 1.29 is 21.6 Å². The van der Waals surface area contributed by atoms with Gasteiger partial charge in [-0.1, -0.05) is 0 Å². The van der Waals surface area contributed by atoms with Gasteiger partial charge in [-0.2, -0.15) is 8.78 Å². The number of nitrogens with two attached hydrogens (primary N) is 1. The van der Waals surface area contributed by atoms with Crippen LogP contribution < -0.4 is 10.5 Å². The first-order chi connectivity index (χ1) is 7.26. The first kappa shape index (κ1) is 12.7. The van der Waals surface area contributed by atoms with Gasteiger partial charge < -0.3 is 5.32 Å². The van der Waals surface area contributed by atoms with Crippen LogP contribution in [0, 0.1) is 0 Å². The summed E-state index contributed by atoms with van der Waals surface area (Å²) in [5.41, 5.74) is -0.500. The van der Waals surface area contributed by atoms with Gasteiger partial charge in [0.25, 0.3) is 0 Å². The van der Waals surface area contributed by atoms with Crippen molar-refractivity contribution >= 4 is 15.7 Å². The molecule has 0 spiro atoms. The van der Waals surface area contributed by atoms with E-state index >= 15 is 0 Å². The maximum Gasteiger partial charge on any atom is 0.351 e. The van der Waals surface area contributed by atoms with Crippen LogP contribution in [-0.4, -0.2) is 26.1 Å². The van der Waals surface area contributed by atoms with E-state index in [1.807, 2.05) is 0 Å². The highest BCUT2D eigenvalue weighted by Crippen LogP contribution is 2.24. The normalized spacial score (nSPS) is 12.5. The molecule has 0 fully saturated rings. The van der Waals surface area contributed by atoms with Gasteiger partial charge in [0.05, 0.1) is 5.69 Å². The van der Waals surface area contributed by atoms with E-state index in [1.54, 1.807) is 0 Å². The second-order valence-electron chi connectivity index (χ2n) is 2.88. The van der Waals surface area contributed by atoms with Crippen LogP contribution >= 0.6 is 0 Å². The fraction of sp³-hybridized carbons (Fsp3) is 0.286. The number of alkyl halides is 3. The van der Waals surface area contributed by atoms with Crippen molar-refractivity contribution in [2.45, 2.75) is 10.9 Å². The molecule has 1 aromatic heterocycles. The summed E-state index contributed by atoms with van der Waals surface area (Å²) in [6.07, 6.45) is 1.87. The topological polar surface area (TPSA) is 85.1 Å². The molecule has 0 aliphatic rings. The third-order valence-corrected chi connectivity index (χ3v) is 2.51. The molecule has 90 valence electrons. The zero-order valence-corrected chi connectivity index (χ0v) is 8.64. The number of nitrogens with one attached hydrogen (secondary N) is 1. The van der Waals surface area contributed by atoms with Crippen molar-refractivity contribution in [3.8, 4) is 0 Å². The molecule has 0 bridgehead atoms. The molecule has 1 rings (SSSR count). The van der Waals surface area contributed by atoms with Crippen molar-refractivity contribution in [2.75, 3.05) is 12.0 Å². The third kappa shape index (κ3) is 3.07. The number of pyridine rings is 1. The second kappa shape index (κ2) is 4.26. The van der Waals surface area contributed by atoms with Crippen LogP contribution in [-0.2, 0) is 10.0 Å². The maximum atomic E-state index is 12.7. The van der Waals surface area contributed by atoms with Gasteiger partial charge in [0.15, 0.2) is 6.67 Å². The summed E-state index contributed by atoms with van der Waals surface area (Å²) in [5, 5.41) is 6.21. The molecule has 0 unspecified atom stereocenters. The molecule has 0 atom stereocenters. The fourth-order valence-corrected chi connectivity index (χ4v) is 1.57. The largest absolute Gasteiger partial charge is 0.351 e. The minimum absolute atomic E-state index is 0.500. The molecule has 0 saturated carbocycles. The Morgan fingerprint density at radius 2 is 2.12 bits per heavy atom. The van der Waals surface area contributed by atoms with E-state index in [4.69, 9.17) is 5.14 Å². The first-order valence-electron chi connectivity index (χ1n) is 3.95. The number of hydrogen-bond donors (Lipinski definition) is 2. The summed E-state index contributed by atoms with van der Waals surface area (Å²) < 4.78 is 59.2. The van der Waals surface area contributed by atoms with Gasteiger partial charge in [0, 0.05) is 12.4 Å². The molecule has 0 saturated heterocycles. The molecule has 0 aliphatic heterocycles. The van der Waals surface area contributed by atoms with Crippen molar-refractivity contribution in [3.63, 3.8) is 0 Å². The van der Waals surface area contributed by atoms with E-state index in [0.717, 1.165) is 18.5 Å². The maximum absolute atomic E-state index is 12.7. The van der Waals surface area contributed by atoms with E-state index in [-0.39, 0.29) is 0 Å². The van der Waals surface area contributed by atoms with Crippen molar-refractivity contribution in [3.05, 3.63) is 18.5 Å². The summed E-state index contributed by atoms with van der Waals surface area (Å²) in [6.45, 7) is -1.97. The van der Waals surface area contributed by atoms with Crippen molar-refractivity contribution in [2.24, 2.45) is 5.14 Å². The smallest absolute Gasteiger partial charge is 0.324 e. The highest BCUT2D eigenvalue weighted by molar-refractivity contribution is 7.89. The Bertz CT molecular complexity index is 478. The number of sulfonamides is 1. The van der Waals surface area contributed by atoms with Gasteiger partial charge in [-0.15, -0.1) is 0 Å². The van der Waals surface area contributed by atoms with Crippen LogP contribution in [0.2, 0.25) is 0 Å². The fourth-order valence-electron chi connectivity index (χ4n) is 0.940. The molecule has 0 aromatic carbocycles. The third-order valence-electron chi connectivity index (χ3n) is 1.58. The van der Waals surface area contributed by atoms with Crippen molar-refractivity contribution in [1.82, 2.24) is 4.98 Å². The number of anilines is 1. The number of primary sulfonamides is 1. The molecule has 16 heavy (non-hydrogen) atoms. The van der Waals surface area contributed by atoms with Gasteiger partial charge in [-0.25, -0.2) is 17.9 Å². The lowest BCUT2D eigenvalue weighted by atomic mass is 10.4. The summed E-state index contributed by atoms with van der Waals surface area (Å²) in [7, 11) is -4.19. The van der Waals surface area contributed by atoms with Crippen LogP contribution in [0.3, 0.4) is 0 Å². The molecule has 0 aliphatic carbocycles. The highest BCUT2D eigenvalue weighted by Gasteiger charge is 2.30. The van der Waals surface area contributed by atoms with Gasteiger partial charge in [0.2, 0.25) is 10.0 Å². The Labute approximate surface area is 89.5 Å². The van der Waals surface area contributed by atoms with E-state index in [1.165, 1.54) is 5.32 Å². The number of halogens is 3. The minimum Gasteiger partial charge on any atom is -0.324 e. The standard InChI is InChI=1S/C7H8F3N3O2S/c8-4-7(9,10)13-5-1-2-12-3-6(5)16(11,14)15/h1-3H,4H2,(H,12,13)(H2,11,14,15). The van der Waals surface area contributed by atoms with Gasteiger partial charge in [-0.05, 0) is 6.07 Å². The van der Waals surface area contributed by atoms with Gasteiger partial charge >= 0.3 is 6.05 Å². The van der Waals surface area contributed by atoms with Gasteiger partial charge in [0.1, 0.15) is 4.90 Å². The van der Waals surface area contributed by atoms with Crippen molar-refractivity contribution in [1.29, 1.82) is 0 Å². The molecule has 0 radical (unpaired) electrons. The SMILES string of the molecule is NS(=O)(=O)c1cnccc1NC(F)(F)CF. The number of aromatic nitrogens is 1. The number of hydrogen-bond acceptors (Lipinski definition) is 4.